The standard InChI is InChI=1S/C29H35N5O3/c1-4-31-27(36)22-8-6-5-7-21(22)20-11-9-19(10-12-20)18-34-25-15-16-32-23(25)13-14-24(28(34)37)33-26(35)17-29(2,3)30/h5-12,15-16,24,32H,4,13-14,17-18,30H2,1-3H3,(H,31,36)(H,33,35). The van der Waals surface area contributed by atoms with Crippen LogP contribution >= 0.6 is 0 Å². The highest BCUT2D eigenvalue weighted by Crippen LogP contribution is 2.29. The van der Waals surface area contributed by atoms with Crippen LogP contribution < -0.4 is 21.3 Å². The van der Waals surface area contributed by atoms with Gasteiger partial charge in [-0.15, -0.1) is 0 Å². The molecule has 1 aliphatic heterocycles. The highest BCUT2D eigenvalue weighted by molar-refractivity contribution is 6.01. The number of aromatic nitrogens is 1. The number of anilines is 1. The molecule has 0 saturated carbocycles. The fourth-order valence-corrected chi connectivity index (χ4v) is 4.68. The number of fused-ring (bicyclic) bond motifs is 1. The molecule has 3 aromatic rings. The predicted octanol–water partition coefficient (Wildman–Crippen LogP) is 3.52. The number of aryl methyl sites for hydroxylation is 1. The minimum Gasteiger partial charge on any atom is -0.363 e. The maximum atomic E-state index is 13.6. The molecule has 2 heterocycles. The van der Waals surface area contributed by atoms with Crippen molar-refractivity contribution in [2.24, 2.45) is 5.73 Å². The van der Waals surface area contributed by atoms with Gasteiger partial charge in [0.05, 0.1) is 12.2 Å². The highest BCUT2D eigenvalue weighted by atomic mass is 16.2. The molecule has 37 heavy (non-hydrogen) atoms. The third kappa shape index (κ3) is 6.27. The molecule has 3 amide bonds. The average Bonchev–Trinajstić information content (AvgIpc) is 3.28. The zero-order valence-electron chi connectivity index (χ0n) is 21.6. The van der Waals surface area contributed by atoms with Crippen LogP contribution in [0.1, 0.15) is 55.2 Å². The molecule has 8 nitrogen and oxygen atoms in total. The van der Waals surface area contributed by atoms with Gasteiger partial charge in [0, 0.05) is 36.0 Å². The number of rotatable bonds is 8. The normalized spacial score (nSPS) is 15.6. The van der Waals surface area contributed by atoms with Crippen LogP contribution in [0.25, 0.3) is 11.1 Å². The quantitative estimate of drug-likeness (QED) is 0.377. The SMILES string of the molecule is CCNC(=O)c1ccccc1-c1ccc(CN2C(=O)C(NC(=O)CC(C)(C)N)CCc3[nH]ccc32)cc1. The Morgan fingerprint density at radius 1 is 1.11 bits per heavy atom. The molecule has 8 heteroatoms. The molecule has 0 spiro atoms. The van der Waals surface area contributed by atoms with Crippen LogP contribution in [0.15, 0.2) is 60.8 Å². The topological polar surface area (TPSA) is 120 Å². The van der Waals surface area contributed by atoms with Gasteiger partial charge in [0.25, 0.3) is 5.91 Å². The van der Waals surface area contributed by atoms with E-state index in [0.29, 0.717) is 31.5 Å². The van der Waals surface area contributed by atoms with Crippen molar-refractivity contribution in [3.05, 3.63) is 77.6 Å². The minimum absolute atomic E-state index is 0.108. The van der Waals surface area contributed by atoms with E-state index in [1.807, 2.05) is 67.7 Å². The smallest absolute Gasteiger partial charge is 0.251 e. The molecule has 5 N–H and O–H groups in total. The number of benzene rings is 2. The number of nitrogens with two attached hydrogens (primary N) is 1. The van der Waals surface area contributed by atoms with Gasteiger partial charge >= 0.3 is 0 Å². The number of H-pyrrole nitrogens is 1. The maximum Gasteiger partial charge on any atom is 0.251 e. The van der Waals surface area contributed by atoms with Crippen LogP contribution in [0.4, 0.5) is 5.69 Å². The molecule has 0 aliphatic carbocycles. The first-order valence-electron chi connectivity index (χ1n) is 12.7. The third-order valence-electron chi connectivity index (χ3n) is 6.41. The molecule has 0 radical (unpaired) electrons. The Bertz CT molecular complexity index is 1270. The Morgan fingerprint density at radius 2 is 1.84 bits per heavy atom. The molecular weight excluding hydrogens is 466 g/mol. The summed E-state index contributed by atoms with van der Waals surface area (Å²) in [6.07, 6.45) is 3.13. The monoisotopic (exact) mass is 501 g/mol. The third-order valence-corrected chi connectivity index (χ3v) is 6.41. The van der Waals surface area contributed by atoms with Crippen molar-refractivity contribution in [2.75, 3.05) is 11.4 Å². The van der Waals surface area contributed by atoms with Crippen molar-refractivity contribution in [2.45, 2.75) is 58.2 Å². The van der Waals surface area contributed by atoms with E-state index < -0.39 is 11.6 Å². The van der Waals surface area contributed by atoms with Crippen molar-refractivity contribution in [3.63, 3.8) is 0 Å². The number of amides is 3. The summed E-state index contributed by atoms with van der Waals surface area (Å²) in [4.78, 5) is 43.6. The van der Waals surface area contributed by atoms with Crippen LogP contribution in [0, 0.1) is 0 Å². The van der Waals surface area contributed by atoms with Crippen LogP contribution in [0.3, 0.4) is 0 Å². The molecule has 2 aromatic carbocycles. The zero-order chi connectivity index (χ0) is 26.6. The fraction of sp³-hybridized carbons (Fsp3) is 0.345. The first-order chi connectivity index (χ1) is 17.7. The van der Waals surface area contributed by atoms with E-state index in [1.165, 1.54) is 0 Å². The Kier molecular flexibility index (Phi) is 7.78. The van der Waals surface area contributed by atoms with Crippen molar-refractivity contribution in [3.8, 4) is 11.1 Å². The van der Waals surface area contributed by atoms with E-state index in [0.717, 1.165) is 28.1 Å². The second kappa shape index (κ2) is 11.0. The second-order valence-corrected chi connectivity index (χ2v) is 10.2. The lowest BCUT2D eigenvalue weighted by Crippen LogP contribution is -2.49. The van der Waals surface area contributed by atoms with Crippen LogP contribution in [0.2, 0.25) is 0 Å². The van der Waals surface area contributed by atoms with Crippen LogP contribution in [-0.2, 0) is 22.6 Å². The summed E-state index contributed by atoms with van der Waals surface area (Å²) in [6, 6.07) is 16.7. The Hall–Kier alpha value is -3.91. The molecule has 0 fully saturated rings. The van der Waals surface area contributed by atoms with Gasteiger partial charge in [-0.25, -0.2) is 0 Å². The lowest BCUT2D eigenvalue weighted by atomic mass is 9.98. The van der Waals surface area contributed by atoms with Crippen molar-refractivity contribution in [1.82, 2.24) is 15.6 Å². The summed E-state index contributed by atoms with van der Waals surface area (Å²) in [5, 5.41) is 5.76. The summed E-state index contributed by atoms with van der Waals surface area (Å²) in [6.45, 7) is 6.39. The van der Waals surface area contributed by atoms with Gasteiger partial charge in [0.15, 0.2) is 0 Å². The summed E-state index contributed by atoms with van der Waals surface area (Å²) < 4.78 is 0. The number of carbonyl (C=O) groups is 3. The first kappa shape index (κ1) is 26.2. The van der Waals surface area contributed by atoms with E-state index in [4.69, 9.17) is 5.73 Å². The molecule has 194 valence electrons. The number of hydrogen-bond acceptors (Lipinski definition) is 4. The maximum absolute atomic E-state index is 13.6. The Labute approximate surface area is 217 Å². The lowest BCUT2D eigenvalue weighted by Gasteiger charge is -2.26. The van der Waals surface area contributed by atoms with Crippen molar-refractivity contribution < 1.29 is 14.4 Å². The molecule has 1 atom stereocenters. The summed E-state index contributed by atoms with van der Waals surface area (Å²) in [5.41, 5.74) is 10.5. The zero-order valence-corrected chi connectivity index (χ0v) is 21.6. The van der Waals surface area contributed by atoms with E-state index in [1.54, 1.807) is 18.7 Å². The molecular formula is C29H35N5O3. The number of hydrogen-bond donors (Lipinski definition) is 4. The summed E-state index contributed by atoms with van der Waals surface area (Å²) in [7, 11) is 0. The van der Waals surface area contributed by atoms with Gasteiger partial charge in [-0.1, -0.05) is 42.5 Å². The van der Waals surface area contributed by atoms with Crippen molar-refractivity contribution in [1.29, 1.82) is 0 Å². The Morgan fingerprint density at radius 3 is 2.54 bits per heavy atom. The second-order valence-electron chi connectivity index (χ2n) is 10.2. The van der Waals surface area contributed by atoms with Gasteiger partial charge < -0.3 is 26.3 Å². The summed E-state index contributed by atoms with van der Waals surface area (Å²) in [5.74, 6) is -0.484. The minimum atomic E-state index is -0.653. The Balaban J connectivity index is 1.56. The van der Waals surface area contributed by atoms with Gasteiger partial charge in [0.2, 0.25) is 11.8 Å². The van der Waals surface area contributed by atoms with Crippen molar-refractivity contribution >= 4 is 23.4 Å². The van der Waals surface area contributed by atoms with Gasteiger partial charge in [-0.2, -0.15) is 0 Å². The van der Waals surface area contributed by atoms with Crippen LogP contribution in [0.5, 0.6) is 0 Å². The predicted molar refractivity (Wildman–Crippen MR) is 145 cm³/mol. The fourth-order valence-electron chi connectivity index (χ4n) is 4.68. The lowest BCUT2D eigenvalue weighted by molar-refractivity contribution is -0.128. The van der Waals surface area contributed by atoms with Gasteiger partial charge in [-0.05, 0) is 62.4 Å². The highest BCUT2D eigenvalue weighted by Gasteiger charge is 2.32. The number of carbonyl (C=O) groups excluding carboxylic acids is 3. The van der Waals surface area contributed by atoms with E-state index in [9.17, 15) is 14.4 Å². The van der Waals surface area contributed by atoms with Gasteiger partial charge in [0.1, 0.15) is 6.04 Å². The van der Waals surface area contributed by atoms with E-state index >= 15 is 0 Å². The average molecular weight is 502 g/mol. The molecule has 1 aliphatic rings. The summed E-state index contributed by atoms with van der Waals surface area (Å²) >= 11 is 0. The molecule has 1 unspecified atom stereocenters. The van der Waals surface area contributed by atoms with E-state index in [-0.39, 0.29) is 24.1 Å². The molecule has 0 saturated heterocycles. The molecule has 1 aromatic heterocycles. The van der Waals surface area contributed by atoms with Crippen LogP contribution in [-0.4, -0.2) is 40.8 Å². The molecule has 4 rings (SSSR count). The van der Waals surface area contributed by atoms with Gasteiger partial charge in [-0.3, -0.25) is 14.4 Å². The number of nitrogens with one attached hydrogen (secondary N) is 3. The largest absolute Gasteiger partial charge is 0.363 e. The molecule has 0 bridgehead atoms. The first-order valence-corrected chi connectivity index (χ1v) is 12.7. The van der Waals surface area contributed by atoms with E-state index in [2.05, 4.69) is 15.6 Å². The number of aromatic amines is 1. The number of nitrogens with zero attached hydrogens (tertiary/aromatic N) is 1.